The molecule has 0 unspecified atom stereocenters. The average molecular weight is 350 g/mol. The van der Waals surface area contributed by atoms with Crippen molar-refractivity contribution in [3.8, 4) is 0 Å². The van der Waals surface area contributed by atoms with E-state index >= 15 is 0 Å². The summed E-state index contributed by atoms with van der Waals surface area (Å²) >= 11 is 2.99. The molecule has 0 amide bonds. The van der Waals surface area contributed by atoms with Crippen LogP contribution in [0.25, 0.3) is 0 Å². The number of hydrogen-bond donors (Lipinski definition) is 2. The molecule has 1 heterocycles. The zero-order chi connectivity index (χ0) is 14.0. The summed E-state index contributed by atoms with van der Waals surface area (Å²) in [7, 11) is -3.84. The van der Waals surface area contributed by atoms with Crippen LogP contribution >= 0.6 is 15.9 Å². The Morgan fingerprint density at radius 1 is 1.47 bits per heavy atom. The van der Waals surface area contributed by atoms with Gasteiger partial charge in [-0.05, 0) is 28.1 Å². The summed E-state index contributed by atoms with van der Waals surface area (Å²) in [6.45, 7) is -0.0634. The second-order valence-electron chi connectivity index (χ2n) is 3.61. The van der Waals surface area contributed by atoms with Crippen molar-refractivity contribution in [3.05, 3.63) is 40.4 Å². The lowest BCUT2D eigenvalue weighted by Crippen LogP contribution is -2.23. The van der Waals surface area contributed by atoms with Gasteiger partial charge in [0.1, 0.15) is 5.82 Å². The SMILES string of the molecule is Nc1cc(S(=O)(=O)NCc2ccno2)c(Br)cc1F. The molecule has 6 nitrogen and oxygen atoms in total. The molecular formula is C10H9BrFN3O3S. The van der Waals surface area contributed by atoms with E-state index in [1.807, 2.05) is 0 Å². The Morgan fingerprint density at radius 2 is 2.21 bits per heavy atom. The summed E-state index contributed by atoms with van der Waals surface area (Å²) in [4.78, 5) is -0.147. The summed E-state index contributed by atoms with van der Waals surface area (Å²) < 4.78 is 44.4. The molecule has 0 saturated heterocycles. The number of nitrogens with zero attached hydrogens (tertiary/aromatic N) is 1. The quantitative estimate of drug-likeness (QED) is 0.817. The molecule has 0 aliphatic rings. The summed E-state index contributed by atoms with van der Waals surface area (Å²) in [5.74, 6) is -0.337. The molecule has 102 valence electrons. The van der Waals surface area contributed by atoms with Gasteiger partial charge in [0, 0.05) is 10.5 Å². The lowest BCUT2D eigenvalue weighted by molar-refractivity contribution is 0.380. The lowest BCUT2D eigenvalue weighted by atomic mass is 10.3. The first-order valence-electron chi connectivity index (χ1n) is 5.04. The van der Waals surface area contributed by atoms with Crippen molar-refractivity contribution in [2.24, 2.45) is 0 Å². The van der Waals surface area contributed by atoms with Gasteiger partial charge in [-0.1, -0.05) is 5.16 Å². The van der Waals surface area contributed by atoms with Crippen LogP contribution in [0.4, 0.5) is 10.1 Å². The Bertz CT molecular complexity index is 688. The highest BCUT2D eigenvalue weighted by atomic mass is 79.9. The van der Waals surface area contributed by atoms with Crippen molar-refractivity contribution < 1.29 is 17.3 Å². The number of nitrogens with one attached hydrogen (secondary N) is 1. The molecule has 0 bridgehead atoms. The predicted molar refractivity (Wildman–Crippen MR) is 69.0 cm³/mol. The molecule has 0 radical (unpaired) electrons. The van der Waals surface area contributed by atoms with Gasteiger partial charge in [0.05, 0.1) is 23.3 Å². The van der Waals surface area contributed by atoms with Gasteiger partial charge in [-0.2, -0.15) is 0 Å². The van der Waals surface area contributed by atoms with E-state index in [2.05, 4.69) is 25.8 Å². The number of nitrogen functional groups attached to an aromatic ring is 1. The zero-order valence-corrected chi connectivity index (χ0v) is 11.8. The maximum Gasteiger partial charge on any atom is 0.242 e. The molecular weight excluding hydrogens is 341 g/mol. The van der Waals surface area contributed by atoms with Crippen molar-refractivity contribution in [1.82, 2.24) is 9.88 Å². The first kappa shape index (κ1) is 14.0. The van der Waals surface area contributed by atoms with Crippen LogP contribution in [0.1, 0.15) is 5.76 Å². The molecule has 3 N–H and O–H groups in total. The van der Waals surface area contributed by atoms with Crippen LogP contribution in [-0.2, 0) is 16.6 Å². The normalized spacial score (nSPS) is 11.7. The van der Waals surface area contributed by atoms with Gasteiger partial charge < -0.3 is 10.3 Å². The third kappa shape index (κ3) is 3.11. The Labute approximate surface area is 117 Å². The van der Waals surface area contributed by atoms with E-state index in [-0.39, 0.29) is 21.6 Å². The fourth-order valence-corrected chi connectivity index (χ4v) is 3.37. The van der Waals surface area contributed by atoms with Crippen LogP contribution in [0.5, 0.6) is 0 Å². The number of hydrogen-bond acceptors (Lipinski definition) is 5. The van der Waals surface area contributed by atoms with E-state index in [0.717, 1.165) is 12.1 Å². The number of aromatic nitrogens is 1. The Hall–Kier alpha value is -1.45. The molecule has 0 aliphatic heterocycles. The van der Waals surface area contributed by atoms with Crippen LogP contribution < -0.4 is 10.5 Å². The van der Waals surface area contributed by atoms with Gasteiger partial charge in [-0.25, -0.2) is 17.5 Å². The molecule has 19 heavy (non-hydrogen) atoms. The topological polar surface area (TPSA) is 98.2 Å². The number of benzene rings is 1. The van der Waals surface area contributed by atoms with E-state index in [1.165, 1.54) is 12.3 Å². The fourth-order valence-electron chi connectivity index (χ4n) is 1.33. The first-order valence-corrected chi connectivity index (χ1v) is 7.31. The van der Waals surface area contributed by atoms with Crippen molar-refractivity contribution in [3.63, 3.8) is 0 Å². The van der Waals surface area contributed by atoms with Crippen molar-refractivity contribution in [2.75, 3.05) is 5.73 Å². The van der Waals surface area contributed by atoms with Crippen LogP contribution in [0.15, 0.2) is 38.3 Å². The molecule has 1 aromatic carbocycles. The number of halogens is 2. The monoisotopic (exact) mass is 349 g/mol. The smallest absolute Gasteiger partial charge is 0.242 e. The van der Waals surface area contributed by atoms with Gasteiger partial charge in [0.2, 0.25) is 10.0 Å². The zero-order valence-electron chi connectivity index (χ0n) is 9.43. The van der Waals surface area contributed by atoms with Crippen LogP contribution in [0, 0.1) is 5.82 Å². The maximum absolute atomic E-state index is 13.2. The van der Waals surface area contributed by atoms with Crippen molar-refractivity contribution in [1.29, 1.82) is 0 Å². The largest absolute Gasteiger partial charge is 0.396 e. The maximum atomic E-state index is 13.2. The first-order chi connectivity index (χ1) is 8.90. The standard InChI is InChI=1S/C10H9BrFN3O3S/c11-7-3-8(12)9(13)4-10(7)19(16,17)15-5-6-1-2-14-18-6/h1-4,15H,5,13H2. The molecule has 0 aliphatic carbocycles. The molecule has 0 fully saturated rings. The minimum absolute atomic E-state index is 0.0634. The molecule has 0 saturated carbocycles. The average Bonchev–Trinajstić information content (AvgIpc) is 2.84. The third-order valence-corrected chi connectivity index (χ3v) is 4.63. The van der Waals surface area contributed by atoms with Crippen molar-refractivity contribution >= 4 is 31.6 Å². The molecule has 0 atom stereocenters. The molecule has 2 aromatic rings. The van der Waals surface area contributed by atoms with E-state index in [1.54, 1.807) is 0 Å². The van der Waals surface area contributed by atoms with Gasteiger partial charge in [0.15, 0.2) is 5.76 Å². The molecule has 9 heteroatoms. The summed E-state index contributed by atoms with van der Waals surface area (Å²) in [6, 6.07) is 3.57. The second-order valence-corrected chi connectivity index (χ2v) is 6.20. The third-order valence-electron chi connectivity index (χ3n) is 2.27. The Morgan fingerprint density at radius 3 is 2.84 bits per heavy atom. The Kier molecular flexibility index (Phi) is 3.88. The second kappa shape index (κ2) is 5.27. The highest BCUT2D eigenvalue weighted by molar-refractivity contribution is 9.10. The predicted octanol–water partition coefficient (Wildman–Crippen LogP) is 1.64. The summed E-state index contributed by atoms with van der Waals surface area (Å²) in [5.41, 5.74) is 5.11. The highest BCUT2D eigenvalue weighted by Gasteiger charge is 2.20. The number of nitrogens with two attached hydrogens (primary N) is 1. The highest BCUT2D eigenvalue weighted by Crippen LogP contribution is 2.26. The van der Waals surface area contributed by atoms with Gasteiger partial charge >= 0.3 is 0 Å². The van der Waals surface area contributed by atoms with E-state index in [0.29, 0.717) is 5.76 Å². The summed E-state index contributed by atoms with van der Waals surface area (Å²) in [5, 5.41) is 3.45. The number of sulfonamides is 1. The van der Waals surface area contributed by atoms with Gasteiger partial charge in [0.25, 0.3) is 0 Å². The number of anilines is 1. The molecule has 0 spiro atoms. The van der Waals surface area contributed by atoms with E-state index in [9.17, 15) is 12.8 Å². The lowest BCUT2D eigenvalue weighted by Gasteiger charge is -2.08. The molecule has 2 rings (SSSR count). The fraction of sp³-hybridized carbons (Fsp3) is 0.100. The van der Waals surface area contributed by atoms with Crippen molar-refractivity contribution in [2.45, 2.75) is 11.4 Å². The van der Waals surface area contributed by atoms with Gasteiger partial charge in [-0.15, -0.1) is 0 Å². The van der Waals surface area contributed by atoms with Crippen LogP contribution in [0.3, 0.4) is 0 Å². The van der Waals surface area contributed by atoms with Gasteiger partial charge in [-0.3, -0.25) is 0 Å². The molecule has 1 aromatic heterocycles. The van der Waals surface area contributed by atoms with Crippen LogP contribution in [-0.4, -0.2) is 13.6 Å². The van der Waals surface area contributed by atoms with E-state index < -0.39 is 15.8 Å². The minimum Gasteiger partial charge on any atom is -0.396 e. The Balaban J connectivity index is 2.27. The number of rotatable bonds is 4. The van der Waals surface area contributed by atoms with Crippen LogP contribution in [0.2, 0.25) is 0 Å². The van der Waals surface area contributed by atoms with E-state index in [4.69, 9.17) is 10.3 Å². The summed E-state index contributed by atoms with van der Waals surface area (Å²) in [6.07, 6.45) is 1.40. The minimum atomic E-state index is -3.84.